The number of rotatable bonds is 2. The number of aliphatic imine (C=N–C) groups is 2. The van der Waals surface area contributed by atoms with Crippen LogP contribution in [0.3, 0.4) is 0 Å². The van der Waals surface area contributed by atoms with Gasteiger partial charge >= 0.3 is 6.18 Å². The maximum absolute atomic E-state index is 13.4. The monoisotopic (exact) mass is 347 g/mol. The number of nitrogens with two attached hydrogens (primary N) is 1. The van der Waals surface area contributed by atoms with E-state index in [2.05, 4.69) is 15.0 Å². The standard InChI is InChI=1S/C16H12F3N5O/c17-16(18,19)10-5-3-4-9-13(10)23-12(15(25)24-20)8-22-14(9)11-6-1-2-7-21-11/h1-7H,8,20H2,(H,24,25). The molecule has 0 bridgehead atoms. The van der Waals surface area contributed by atoms with Crippen molar-refractivity contribution in [3.05, 3.63) is 59.4 Å². The molecule has 3 N–H and O–H groups in total. The number of alkyl halides is 3. The summed E-state index contributed by atoms with van der Waals surface area (Å²) in [6, 6.07) is 8.63. The number of pyridine rings is 1. The Morgan fingerprint density at radius 2 is 1.96 bits per heavy atom. The van der Waals surface area contributed by atoms with Gasteiger partial charge in [-0.05, 0) is 18.2 Å². The van der Waals surface area contributed by atoms with Crippen molar-refractivity contribution < 1.29 is 18.0 Å². The van der Waals surface area contributed by atoms with Crippen molar-refractivity contribution in [1.82, 2.24) is 10.4 Å². The third-order valence-corrected chi connectivity index (χ3v) is 3.53. The summed E-state index contributed by atoms with van der Waals surface area (Å²) in [6.07, 6.45) is -3.14. The normalized spacial score (nSPS) is 14.1. The van der Waals surface area contributed by atoms with E-state index in [0.717, 1.165) is 6.07 Å². The summed E-state index contributed by atoms with van der Waals surface area (Å²) in [5, 5.41) is 0. The third kappa shape index (κ3) is 3.26. The molecule has 0 spiro atoms. The first-order chi connectivity index (χ1) is 11.9. The van der Waals surface area contributed by atoms with Crippen LogP contribution in [0.5, 0.6) is 0 Å². The highest BCUT2D eigenvalue weighted by Crippen LogP contribution is 2.39. The zero-order valence-electron chi connectivity index (χ0n) is 12.7. The minimum Gasteiger partial charge on any atom is -0.289 e. The summed E-state index contributed by atoms with van der Waals surface area (Å²) in [7, 11) is 0. The first-order valence-electron chi connectivity index (χ1n) is 7.16. The molecular formula is C16H12F3N5O. The lowest BCUT2D eigenvalue weighted by Gasteiger charge is -2.14. The molecule has 1 aliphatic rings. The van der Waals surface area contributed by atoms with Gasteiger partial charge in [0.1, 0.15) is 5.71 Å². The molecule has 1 aromatic heterocycles. The molecule has 3 rings (SSSR count). The van der Waals surface area contributed by atoms with E-state index in [-0.39, 0.29) is 29.2 Å². The fourth-order valence-corrected chi connectivity index (χ4v) is 2.42. The third-order valence-electron chi connectivity index (χ3n) is 3.53. The largest absolute Gasteiger partial charge is 0.418 e. The molecular weight excluding hydrogens is 335 g/mol. The highest BCUT2D eigenvalue weighted by atomic mass is 19.4. The topological polar surface area (TPSA) is 92.7 Å². The van der Waals surface area contributed by atoms with Crippen molar-refractivity contribution >= 4 is 23.0 Å². The van der Waals surface area contributed by atoms with Crippen molar-refractivity contribution in [3.8, 4) is 0 Å². The number of hydrazine groups is 1. The van der Waals surface area contributed by atoms with Gasteiger partial charge in [-0.15, -0.1) is 0 Å². The van der Waals surface area contributed by atoms with Crippen molar-refractivity contribution in [2.75, 3.05) is 6.54 Å². The molecule has 0 fully saturated rings. The minimum atomic E-state index is -4.64. The Labute approximate surface area is 140 Å². The van der Waals surface area contributed by atoms with Gasteiger partial charge in [-0.25, -0.2) is 10.8 Å². The predicted octanol–water partition coefficient (Wildman–Crippen LogP) is 2.01. The first-order valence-corrected chi connectivity index (χ1v) is 7.16. The van der Waals surface area contributed by atoms with E-state index < -0.39 is 17.6 Å². The second-order valence-electron chi connectivity index (χ2n) is 5.11. The predicted molar refractivity (Wildman–Crippen MR) is 85.6 cm³/mol. The van der Waals surface area contributed by atoms with E-state index in [9.17, 15) is 18.0 Å². The summed E-state index contributed by atoms with van der Waals surface area (Å²) in [5.41, 5.74) is 1.07. The van der Waals surface area contributed by atoms with Crippen LogP contribution in [0.15, 0.2) is 52.6 Å². The highest BCUT2D eigenvalue weighted by Gasteiger charge is 2.36. The summed E-state index contributed by atoms with van der Waals surface area (Å²) in [6.45, 7) is -0.221. The summed E-state index contributed by atoms with van der Waals surface area (Å²) in [5.74, 6) is 4.28. The average molecular weight is 347 g/mol. The van der Waals surface area contributed by atoms with Gasteiger partial charge in [0, 0.05) is 11.8 Å². The molecule has 128 valence electrons. The van der Waals surface area contributed by atoms with Crippen LogP contribution in [0, 0.1) is 0 Å². The molecule has 0 atom stereocenters. The number of para-hydroxylation sites is 1. The number of amides is 1. The molecule has 1 amide bonds. The fraction of sp³-hybridized carbons (Fsp3) is 0.125. The lowest BCUT2D eigenvalue weighted by Crippen LogP contribution is -2.37. The number of hydrogen-bond acceptors (Lipinski definition) is 5. The second-order valence-corrected chi connectivity index (χ2v) is 5.11. The van der Waals surface area contributed by atoms with Gasteiger partial charge in [-0.1, -0.05) is 18.2 Å². The van der Waals surface area contributed by atoms with Crippen molar-refractivity contribution in [2.45, 2.75) is 6.18 Å². The number of nitrogens with one attached hydrogen (secondary N) is 1. The molecule has 0 aliphatic carbocycles. The molecule has 2 aromatic rings. The van der Waals surface area contributed by atoms with Gasteiger partial charge in [-0.2, -0.15) is 13.2 Å². The number of fused-ring (bicyclic) bond motifs is 1. The van der Waals surface area contributed by atoms with Gasteiger partial charge in [0.05, 0.1) is 29.2 Å². The molecule has 1 aliphatic heterocycles. The molecule has 0 saturated heterocycles. The number of aromatic nitrogens is 1. The number of hydrogen-bond donors (Lipinski definition) is 2. The van der Waals surface area contributed by atoms with Crippen LogP contribution < -0.4 is 11.3 Å². The molecule has 1 aromatic carbocycles. The van der Waals surface area contributed by atoms with Crippen molar-refractivity contribution in [2.24, 2.45) is 15.8 Å². The summed E-state index contributed by atoms with van der Waals surface area (Å²) >= 11 is 0. The number of carbonyl (C=O) groups is 1. The minimum absolute atomic E-state index is 0.147. The highest BCUT2D eigenvalue weighted by molar-refractivity contribution is 6.41. The SMILES string of the molecule is NNC(=O)C1=Nc2c(cccc2C(F)(F)F)C(c2ccccn2)=NC1. The smallest absolute Gasteiger partial charge is 0.289 e. The fourth-order valence-electron chi connectivity index (χ4n) is 2.42. The zero-order chi connectivity index (χ0) is 18.0. The van der Waals surface area contributed by atoms with Gasteiger partial charge in [0.25, 0.3) is 5.91 Å². The Kier molecular flexibility index (Phi) is 4.32. The molecule has 2 heterocycles. The van der Waals surface area contributed by atoms with Crippen LogP contribution in [0.2, 0.25) is 0 Å². The number of nitrogens with zero attached hydrogens (tertiary/aromatic N) is 3. The van der Waals surface area contributed by atoms with E-state index in [0.29, 0.717) is 5.69 Å². The Bertz CT molecular complexity index is 875. The van der Waals surface area contributed by atoms with Gasteiger partial charge < -0.3 is 0 Å². The Balaban J connectivity index is 2.27. The van der Waals surface area contributed by atoms with Crippen LogP contribution >= 0.6 is 0 Å². The van der Waals surface area contributed by atoms with Crippen LogP contribution in [-0.4, -0.2) is 28.9 Å². The number of benzene rings is 1. The van der Waals surface area contributed by atoms with Crippen LogP contribution in [0.4, 0.5) is 18.9 Å². The number of halogens is 3. The Hall–Kier alpha value is -3.07. The lowest BCUT2D eigenvalue weighted by molar-refractivity contribution is -0.137. The van der Waals surface area contributed by atoms with E-state index in [1.807, 2.05) is 5.43 Å². The maximum Gasteiger partial charge on any atom is 0.418 e. The molecule has 0 unspecified atom stereocenters. The van der Waals surface area contributed by atoms with Crippen LogP contribution in [-0.2, 0) is 11.0 Å². The molecule has 6 nitrogen and oxygen atoms in total. The second kappa shape index (κ2) is 6.44. The molecule has 0 saturated carbocycles. The average Bonchev–Trinajstić information content (AvgIpc) is 2.80. The van der Waals surface area contributed by atoms with E-state index in [1.165, 1.54) is 18.3 Å². The van der Waals surface area contributed by atoms with Crippen LogP contribution in [0.25, 0.3) is 0 Å². The lowest BCUT2D eigenvalue weighted by atomic mass is 10.0. The van der Waals surface area contributed by atoms with Crippen LogP contribution in [0.1, 0.15) is 16.8 Å². The number of carbonyl (C=O) groups excluding carboxylic acids is 1. The van der Waals surface area contributed by atoms with Crippen molar-refractivity contribution in [3.63, 3.8) is 0 Å². The molecule has 0 radical (unpaired) electrons. The molecule has 25 heavy (non-hydrogen) atoms. The maximum atomic E-state index is 13.4. The molecule has 9 heteroatoms. The van der Waals surface area contributed by atoms with Crippen molar-refractivity contribution in [1.29, 1.82) is 0 Å². The van der Waals surface area contributed by atoms with E-state index in [1.54, 1.807) is 18.2 Å². The van der Waals surface area contributed by atoms with Gasteiger partial charge in [-0.3, -0.25) is 20.2 Å². The zero-order valence-corrected chi connectivity index (χ0v) is 12.7. The Morgan fingerprint density at radius 3 is 2.60 bits per heavy atom. The van der Waals surface area contributed by atoms with Gasteiger partial charge in [0.15, 0.2) is 0 Å². The van der Waals surface area contributed by atoms with Gasteiger partial charge in [0.2, 0.25) is 0 Å². The quantitative estimate of drug-likeness (QED) is 0.494. The van der Waals surface area contributed by atoms with E-state index >= 15 is 0 Å². The summed E-state index contributed by atoms with van der Waals surface area (Å²) in [4.78, 5) is 24.1. The Morgan fingerprint density at radius 1 is 1.16 bits per heavy atom. The summed E-state index contributed by atoms with van der Waals surface area (Å²) < 4.78 is 40.2. The first kappa shape index (κ1) is 16.8. The van der Waals surface area contributed by atoms with E-state index in [4.69, 9.17) is 5.84 Å².